The van der Waals surface area contributed by atoms with E-state index in [2.05, 4.69) is 17.6 Å². The third kappa shape index (κ3) is 5.62. The maximum atomic E-state index is 13.7. The van der Waals surface area contributed by atoms with Gasteiger partial charge in [0.05, 0.1) is 5.69 Å². The zero-order valence-electron chi connectivity index (χ0n) is 13.3. The Morgan fingerprint density at radius 3 is 2.65 bits per heavy atom. The number of nitrogens with zero attached hydrogens (tertiary/aromatic N) is 1. The van der Waals surface area contributed by atoms with Crippen LogP contribution in [0.5, 0.6) is 0 Å². The second-order valence-corrected chi connectivity index (χ2v) is 5.58. The summed E-state index contributed by atoms with van der Waals surface area (Å²) in [6.45, 7) is 4.48. The van der Waals surface area contributed by atoms with Crippen molar-refractivity contribution in [1.82, 2.24) is 10.2 Å². The van der Waals surface area contributed by atoms with Gasteiger partial charge in [-0.3, -0.25) is 0 Å². The fourth-order valence-electron chi connectivity index (χ4n) is 2.67. The van der Waals surface area contributed by atoms with E-state index in [-0.39, 0.29) is 30.2 Å². The molecule has 1 heterocycles. The van der Waals surface area contributed by atoms with Crippen LogP contribution >= 0.6 is 12.4 Å². The van der Waals surface area contributed by atoms with E-state index in [1.807, 2.05) is 0 Å². The predicted molar refractivity (Wildman–Crippen MR) is 90.1 cm³/mol. The van der Waals surface area contributed by atoms with E-state index < -0.39 is 11.6 Å². The summed E-state index contributed by atoms with van der Waals surface area (Å²) in [6.07, 6.45) is 3.68. The Hall–Kier alpha value is -1.40. The lowest BCUT2D eigenvalue weighted by Gasteiger charge is -2.34. The van der Waals surface area contributed by atoms with Crippen molar-refractivity contribution in [2.45, 2.75) is 38.6 Å². The Morgan fingerprint density at radius 1 is 1.35 bits per heavy atom. The summed E-state index contributed by atoms with van der Waals surface area (Å²) in [4.78, 5) is 14.3. The first-order valence-corrected chi connectivity index (χ1v) is 7.85. The molecule has 0 aromatic heterocycles. The minimum Gasteiger partial charge on any atom is -0.321 e. The molecule has 0 saturated carbocycles. The van der Waals surface area contributed by atoms with E-state index in [9.17, 15) is 13.6 Å². The number of amides is 2. The molecule has 0 aliphatic carbocycles. The van der Waals surface area contributed by atoms with Gasteiger partial charge in [0.1, 0.15) is 11.6 Å². The van der Waals surface area contributed by atoms with Crippen LogP contribution in [0.4, 0.5) is 19.3 Å². The molecule has 1 aromatic carbocycles. The lowest BCUT2D eigenvalue weighted by molar-refractivity contribution is 0.169. The number of anilines is 1. The summed E-state index contributed by atoms with van der Waals surface area (Å²) in [5.74, 6) is -1.41. The second-order valence-electron chi connectivity index (χ2n) is 5.58. The van der Waals surface area contributed by atoms with Crippen LogP contribution in [0.3, 0.4) is 0 Å². The highest BCUT2D eigenvalue weighted by molar-refractivity contribution is 5.89. The zero-order valence-corrected chi connectivity index (χ0v) is 14.1. The smallest absolute Gasteiger partial charge is 0.321 e. The van der Waals surface area contributed by atoms with E-state index >= 15 is 0 Å². The van der Waals surface area contributed by atoms with Gasteiger partial charge in [0, 0.05) is 18.7 Å². The topological polar surface area (TPSA) is 44.4 Å². The second kappa shape index (κ2) is 9.67. The Bertz CT molecular complexity index is 510. The molecule has 1 aromatic rings. The van der Waals surface area contributed by atoms with Crippen molar-refractivity contribution < 1.29 is 13.6 Å². The number of hydrogen-bond donors (Lipinski definition) is 2. The van der Waals surface area contributed by atoms with Crippen molar-refractivity contribution in [2.75, 3.05) is 25.0 Å². The lowest BCUT2D eigenvalue weighted by Crippen LogP contribution is -2.48. The molecule has 0 atom stereocenters. The molecule has 0 radical (unpaired) electrons. The third-order valence-electron chi connectivity index (χ3n) is 3.94. The quantitative estimate of drug-likeness (QED) is 0.851. The highest BCUT2D eigenvalue weighted by atomic mass is 35.5. The molecule has 2 N–H and O–H groups in total. The molecule has 7 heteroatoms. The van der Waals surface area contributed by atoms with Crippen LogP contribution in [0.2, 0.25) is 0 Å². The number of urea groups is 1. The Balaban J connectivity index is 0.00000264. The standard InChI is InChI=1S/C16H23F2N3O.ClH/c1-2-3-10-21(13-6-8-19-9-7-13)16(22)20-15-5-4-12(17)11-14(15)18;/h4-5,11,13,19H,2-3,6-10H2,1H3,(H,20,22);1H. The van der Waals surface area contributed by atoms with Gasteiger partial charge >= 0.3 is 6.03 Å². The number of carbonyl (C=O) groups is 1. The van der Waals surface area contributed by atoms with Crippen molar-refractivity contribution in [3.63, 3.8) is 0 Å². The van der Waals surface area contributed by atoms with E-state index in [4.69, 9.17) is 0 Å². The minimum atomic E-state index is -0.755. The average Bonchev–Trinajstić information content (AvgIpc) is 2.51. The Labute approximate surface area is 142 Å². The molecule has 1 saturated heterocycles. The van der Waals surface area contributed by atoms with Gasteiger partial charge in [0.15, 0.2) is 0 Å². The van der Waals surface area contributed by atoms with Crippen LogP contribution in [-0.4, -0.2) is 36.6 Å². The third-order valence-corrected chi connectivity index (χ3v) is 3.94. The fraction of sp³-hybridized carbons (Fsp3) is 0.562. The number of unbranched alkanes of at least 4 members (excludes halogenated alkanes) is 1. The summed E-state index contributed by atoms with van der Waals surface area (Å²) in [6, 6.07) is 3.02. The maximum absolute atomic E-state index is 13.7. The Kier molecular flexibility index (Phi) is 8.26. The maximum Gasteiger partial charge on any atom is 0.322 e. The molecular formula is C16H24ClF2N3O. The molecule has 130 valence electrons. The fourth-order valence-corrected chi connectivity index (χ4v) is 2.67. The normalized spacial score (nSPS) is 14.9. The first-order chi connectivity index (χ1) is 10.6. The van der Waals surface area contributed by atoms with Crippen LogP contribution in [0.25, 0.3) is 0 Å². The molecule has 2 amide bonds. The number of rotatable bonds is 5. The summed E-state index contributed by atoms with van der Waals surface area (Å²) in [5.41, 5.74) is 0.0156. The number of piperidine rings is 1. The predicted octanol–water partition coefficient (Wildman–Crippen LogP) is 3.77. The highest BCUT2D eigenvalue weighted by Gasteiger charge is 2.25. The van der Waals surface area contributed by atoms with Gasteiger partial charge in [-0.15, -0.1) is 12.4 Å². The molecule has 1 aliphatic heterocycles. The number of nitrogens with one attached hydrogen (secondary N) is 2. The number of hydrogen-bond acceptors (Lipinski definition) is 2. The summed E-state index contributed by atoms with van der Waals surface area (Å²) >= 11 is 0. The van der Waals surface area contributed by atoms with Crippen LogP contribution < -0.4 is 10.6 Å². The van der Waals surface area contributed by atoms with E-state index in [0.29, 0.717) is 6.54 Å². The van der Waals surface area contributed by atoms with Crippen LogP contribution in [0, 0.1) is 11.6 Å². The van der Waals surface area contributed by atoms with Gasteiger partial charge in [0.25, 0.3) is 0 Å². The van der Waals surface area contributed by atoms with Gasteiger partial charge in [-0.2, -0.15) is 0 Å². The Morgan fingerprint density at radius 2 is 2.04 bits per heavy atom. The van der Waals surface area contributed by atoms with Gasteiger partial charge in [0.2, 0.25) is 0 Å². The van der Waals surface area contributed by atoms with Gasteiger partial charge in [-0.05, 0) is 44.5 Å². The summed E-state index contributed by atoms with van der Waals surface area (Å²) in [5, 5.41) is 5.84. The average molecular weight is 348 g/mol. The van der Waals surface area contributed by atoms with Crippen molar-refractivity contribution in [3.05, 3.63) is 29.8 Å². The molecule has 0 spiro atoms. The summed E-state index contributed by atoms with van der Waals surface area (Å²) in [7, 11) is 0. The molecule has 1 fully saturated rings. The first-order valence-electron chi connectivity index (χ1n) is 7.85. The zero-order chi connectivity index (χ0) is 15.9. The molecule has 2 rings (SSSR count). The minimum absolute atomic E-state index is 0. The monoisotopic (exact) mass is 347 g/mol. The molecule has 0 bridgehead atoms. The van der Waals surface area contributed by atoms with E-state index in [1.54, 1.807) is 4.90 Å². The van der Waals surface area contributed by atoms with Crippen molar-refractivity contribution >= 4 is 24.1 Å². The van der Waals surface area contributed by atoms with Gasteiger partial charge in [-0.25, -0.2) is 13.6 Å². The van der Waals surface area contributed by atoms with Crippen molar-refractivity contribution in [3.8, 4) is 0 Å². The van der Waals surface area contributed by atoms with E-state index in [1.165, 1.54) is 6.07 Å². The number of halogens is 3. The van der Waals surface area contributed by atoms with Crippen LogP contribution in [-0.2, 0) is 0 Å². The number of carbonyl (C=O) groups excluding carboxylic acids is 1. The van der Waals surface area contributed by atoms with Crippen molar-refractivity contribution in [2.24, 2.45) is 0 Å². The largest absolute Gasteiger partial charge is 0.322 e. The molecular weight excluding hydrogens is 324 g/mol. The van der Waals surface area contributed by atoms with Crippen LogP contribution in [0.15, 0.2) is 18.2 Å². The van der Waals surface area contributed by atoms with Crippen molar-refractivity contribution in [1.29, 1.82) is 0 Å². The molecule has 4 nitrogen and oxygen atoms in total. The molecule has 23 heavy (non-hydrogen) atoms. The van der Waals surface area contributed by atoms with E-state index in [0.717, 1.165) is 50.9 Å². The molecule has 0 unspecified atom stereocenters. The SMILES string of the molecule is CCCCN(C(=O)Nc1ccc(F)cc1F)C1CCNCC1.Cl. The van der Waals surface area contributed by atoms with Gasteiger partial charge < -0.3 is 15.5 Å². The van der Waals surface area contributed by atoms with Crippen LogP contribution in [0.1, 0.15) is 32.6 Å². The summed E-state index contributed by atoms with van der Waals surface area (Å²) < 4.78 is 26.6. The highest BCUT2D eigenvalue weighted by Crippen LogP contribution is 2.18. The first kappa shape index (κ1) is 19.6. The van der Waals surface area contributed by atoms with Gasteiger partial charge in [-0.1, -0.05) is 13.3 Å². The number of benzene rings is 1. The lowest BCUT2D eigenvalue weighted by atomic mass is 10.0. The molecule has 1 aliphatic rings.